The van der Waals surface area contributed by atoms with E-state index in [1.54, 1.807) is 0 Å². The van der Waals surface area contributed by atoms with Gasteiger partial charge >= 0.3 is 0 Å². The van der Waals surface area contributed by atoms with Gasteiger partial charge in [0, 0.05) is 11.6 Å². The van der Waals surface area contributed by atoms with Crippen molar-refractivity contribution in [3.8, 4) is 16.3 Å². The van der Waals surface area contributed by atoms with E-state index in [2.05, 4.69) is 10.2 Å². The highest BCUT2D eigenvalue weighted by atomic mass is 32.1. The van der Waals surface area contributed by atoms with E-state index in [-0.39, 0.29) is 30.2 Å². The third-order valence-corrected chi connectivity index (χ3v) is 3.79. The predicted octanol–water partition coefficient (Wildman–Crippen LogP) is 2.23. The number of benzene rings is 1. The first-order valence-electron chi connectivity index (χ1n) is 6.49. The molecule has 1 aromatic carbocycles. The van der Waals surface area contributed by atoms with Crippen LogP contribution in [0.3, 0.4) is 0 Å². The molecule has 0 fully saturated rings. The molecular weight excluding hydrogens is 304 g/mol. The zero-order chi connectivity index (χ0) is 15.4. The Labute approximate surface area is 129 Å². The van der Waals surface area contributed by atoms with Crippen LogP contribution in [0, 0.1) is 0 Å². The molecule has 0 aliphatic rings. The van der Waals surface area contributed by atoms with Crippen LogP contribution in [0.4, 0.5) is 0 Å². The van der Waals surface area contributed by atoms with Gasteiger partial charge in [-0.1, -0.05) is 41.7 Å². The van der Waals surface area contributed by atoms with Crippen LogP contribution in [0.5, 0.6) is 5.75 Å². The molecular formula is C15H12N2O4S. The van der Waals surface area contributed by atoms with Crippen LogP contribution in [-0.2, 0) is 13.2 Å². The van der Waals surface area contributed by atoms with E-state index in [1.165, 1.54) is 23.7 Å². The zero-order valence-corrected chi connectivity index (χ0v) is 12.2. The monoisotopic (exact) mass is 316 g/mol. The molecule has 112 valence electrons. The van der Waals surface area contributed by atoms with Gasteiger partial charge in [-0.25, -0.2) is 0 Å². The summed E-state index contributed by atoms with van der Waals surface area (Å²) < 4.78 is 10.4. The second-order valence-corrected chi connectivity index (χ2v) is 5.45. The van der Waals surface area contributed by atoms with Crippen LogP contribution in [0.15, 0.2) is 51.9 Å². The number of hydrogen-bond donors (Lipinski definition) is 1. The lowest BCUT2D eigenvalue weighted by molar-refractivity contribution is 0.236. The fourth-order valence-electron chi connectivity index (χ4n) is 1.78. The second kappa shape index (κ2) is 6.50. The summed E-state index contributed by atoms with van der Waals surface area (Å²) in [6, 6.07) is 10.9. The highest BCUT2D eigenvalue weighted by Crippen LogP contribution is 2.23. The topological polar surface area (TPSA) is 85.5 Å². The van der Waals surface area contributed by atoms with Gasteiger partial charge in [-0.05, 0) is 0 Å². The van der Waals surface area contributed by atoms with E-state index < -0.39 is 0 Å². The first kappa shape index (κ1) is 14.4. The summed E-state index contributed by atoms with van der Waals surface area (Å²) in [7, 11) is 0. The number of ether oxygens (including phenoxy) is 1. The number of aliphatic hydroxyl groups is 1. The molecule has 3 aromatic rings. The van der Waals surface area contributed by atoms with Crippen molar-refractivity contribution in [1.29, 1.82) is 0 Å². The van der Waals surface area contributed by atoms with Crippen molar-refractivity contribution < 1.29 is 14.3 Å². The average Bonchev–Trinajstić information content (AvgIpc) is 3.03. The van der Waals surface area contributed by atoms with E-state index in [9.17, 15) is 4.79 Å². The normalized spacial score (nSPS) is 10.6. The van der Waals surface area contributed by atoms with Crippen LogP contribution in [0.25, 0.3) is 10.6 Å². The van der Waals surface area contributed by atoms with Crippen molar-refractivity contribution in [2.45, 2.75) is 13.2 Å². The van der Waals surface area contributed by atoms with Crippen molar-refractivity contribution in [2.75, 3.05) is 0 Å². The fourth-order valence-corrected chi connectivity index (χ4v) is 2.53. The quantitative estimate of drug-likeness (QED) is 0.777. The number of nitrogens with zero attached hydrogens (tertiary/aromatic N) is 2. The van der Waals surface area contributed by atoms with Gasteiger partial charge in [0.05, 0.1) is 0 Å². The van der Waals surface area contributed by atoms with Crippen molar-refractivity contribution >= 4 is 11.3 Å². The first-order chi connectivity index (χ1) is 10.8. The zero-order valence-electron chi connectivity index (χ0n) is 11.4. The molecule has 0 aliphatic heterocycles. The smallest absolute Gasteiger partial charge is 0.227 e. The van der Waals surface area contributed by atoms with Gasteiger partial charge in [0.15, 0.2) is 5.01 Å². The lowest BCUT2D eigenvalue weighted by atomic mass is 10.2. The minimum Gasteiger partial charge on any atom is -0.479 e. The van der Waals surface area contributed by atoms with Crippen LogP contribution in [0.1, 0.15) is 10.8 Å². The van der Waals surface area contributed by atoms with Crippen LogP contribution >= 0.6 is 11.3 Å². The molecule has 2 aromatic heterocycles. The van der Waals surface area contributed by atoms with Gasteiger partial charge in [0.2, 0.25) is 11.2 Å². The Bertz CT molecular complexity index is 814. The highest BCUT2D eigenvalue weighted by molar-refractivity contribution is 7.14. The molecule has 0 spiro atoms. The maximum Gasteiger partial charge on any atom is 0.227 e. The van der Waals surface area contributed by atoms with Crippen LogP contribution in [-0.4, -0.2) is 15.3 Å². The van der Waals surface area contributed by atoms with E-state index in [0.29, 0.717) is 5.01 Å². The lowest BCUT2D eigenvalue weighted by Crippen LogP contribution is -2.07. The number of rotatable bonds is 5. The van der Waals surface area contributed by atoms with E-state index >= 15 is 0 Å². The summed E-state index contributed by atoms with van der Waals surface area (Å²) in [5.74, 6) is 0.272. The van der Waals surface area contributed by atoms with Crippen LogP contribution in [0.2, 0.25) is 0 Å². The van der Waals surface area contributed by atoms with E-state index in [4.69, 9.17) is 14.3 Å². The summed E-state index contributed by atoms with van der Waals surface area (Å²) in [6.07, 6.45) is 1.19. The molecule has 0 amide bonds. The minimum absolute atomic E-state index is 0.0775. The van der Waals surface area contributed by atoms with Crippen molar-refractivity contribution in [2.24, 2.45) is 0 Å². The number of aromatic nitrogens is 2. The molecule has 0 atom stereocenters. The summed E-state index contributed by atoms with van der Waals surface area (Å²) in [6.45, 7) is -0.194. The Balaban J connectivity index is 1.70. The summed E-state index contributed by atoms with van der Waals surface area (Å²) in [4.78, 5) is 11.7. The molecule has 22 heavy (non-hydrogen) atoms. The van der Waals surface area contributed by atoms with Gasteiger partial charge in [-0.2, -0.15) is 0 Å². The molecule has 0 radical (unpaired) electrons. The van der Waals surface area contributed by atoms with E-state index in [0.717, 1.165) is 10.6 Å². The molecule has 1 N–H and O–H groups in total. The Morgan fingerprint density at radius 3 is 2.77 bits per heavy atom. The molecule has 0 aliphatic carbocycles. The summed E-state index contributed by atoms with van der Waals surface area (Å²) in [5.41, 5.74) is 0.640. The predicted molar refractivity (Wildman–Crippen MR) is 80.6 cm³/mol. The molecule has 7 heteroatoms. The van der Waals surface area contributed by atoms with Crippen LogP contribution < -0.4 is 10.2 Å². The minimum atomic E-state index is -0.344. The SMILES string of the molecule is O=c1cc(CO)occ1OCc1nnc(-c2ccccc2)s1. The van der Waals surface area contributed by atoms with Gasteiger partial charge in [0.25, 0.3) is 0 Å². The highest BCUT2D eigenvalue weighted by Gasteiger charge is 2.09. The third-order valence-electron chi connectivity index (χ3n) is 2.85. The molecule has 0 saturated carbocycles. The van der Waals surface area contributed by atoms with E-state index in [1.807, 2.05) is 30.3 Å². The largest absolute Gasteiger partial charge is 0.479 e. The Morgan fingerprint density at radius 2 is 2.05 bits per heavy atom. The maximum atomic E-state index is 11.7. The van der Waals surface area contributed by atoms with Crippen molar-refractivity contribution in [3.63, 3.8) is 0 Å². The summed E-state index contributed by atoms with van der Waals surface area (Å²) in [5, 5.41) is 18.5. The van der Waals surface area contributed by atoms with Gasteiger partial charge < -0.3 is 14.3 Å². The van der Waals surface area contributed by atoms with Gasteiger partial charge in [-0.3, -0.25) is 4.79 Å². The molecule has 2 heterocycles. The summed E-state index contributed by atoms with van der Waals surface area (Å²) >= 11 is 1.40. The molecule has 0 saturated heterocycles. The standard InChI is InChI=1S/C15H12N2O4S/c18-7-11-6-12(19)13(8-20-11)21-9-14-16-17-15(22-14)10-4-2-1-3-5-10/h1-6,8,18H,7,9H2. The number of hydrogen-bond acceptors (Lipinski definition) is 7. The second-order valence-electron chi connectivity index (χ2n) is 4.39. The van der Waals surface area contributed by atoms with Gasteiger partial charge in [-0.15, -0.1) is 10.2 Å². The average molecular weight is 316 g/mol. The number of aliphatic hydroxyl groups excluding tert-OH is 1. The molecule has 0 unspecified atom stereocenters. The molecule has 6 nitrogen and oxygen atoms in total. The first-order valence-corrected chi connectivity index (χ1v) is 7.31. The fraction of sp³-hybridized carbons (Fsp3) is 0.133. The van der Waals surface area contributed by atoms with Crippen molar-refractivity contribution in [1.82, 2.24) is 10.2 Å². The molecule has 0 bridgehead atoms. The maximum absolute atomic E-state index is 11.7. The Kier molecular flexibility index (Phi) is 4.27. The third kappa shape index (κ3) is 3.21. The van der Waals surface area contributed by atoms with Gasteiger partial charge in [0.1, 0.15) is 30.2 Å². The Hall–Kier alpha value is -2.51. The van der Waals surface area contributed by atoms with Crippen molar-refractivity contribution in [3.05, 3.63) is 63.7 Å². The lowest BCUT2D eigenvalue weighted by Gasteiger charge is -2.02. The molecule has 3 rings (SSSR count). The Morgan fingerprint density at radius 1 is 1.23 bits per heavy atom.